The Morgan fingerprint density at radius 2 is 1.68 bits per heavy atom. The van der Waals surface area contributed by atoms with Crippen molar-refractivity contribution < 1.29 is 32.7 Å². The van der Waals surface area contributed by atoms with Crippen LogP contribution in [-0.4, -0.2) is 51.1 Å². The van der Waals surface area contributed by atoms with Crippen LogP contribution in [0.3, 0.4) is 0 Å². The molecule has 0 aliphatic heterocycles. The molecule has 0 aliphatic rings. The lowest BCUT2D eigenvalue weighted by Crippen LogP contribution is -2.46. The minimum absolute atomic E-state index is 0.0904. The van der Waals surface area contributed by atoms with Crippen molar-refractivity contribution in [1.29, 1.82) is 0 Å². The summed E-state index contributed by atoms with van der Waals surface area (Å²) in [4.78, 5) is 44.2. The highest BCUT2D eigenvalue weighted by Gasteiger charge is 2.40. The zero-order valence-corrected chi connectivity index (χ0v) is 21.7. The van der Waals surface area contributed by atoms with Gasteiger partial charge >= 0.3 is 6.18 Å². The fraction of sp³-hybridized carbons (Fsp3) is 0.214. The number of nitrogens with two attached hydrogens (primary N) is 1. The molecule has 0 aliphatic carbocycles. The predicted molar refractivity (Wildman–Crippen MR) is 146 cm³/mol. The van der Waals surface area contributed by atoms with Crippen LogP contribution in [0.1, 0.15) is 34.5 Å². The van der Waals surface area contributed by atoms with E-state index in [1.165, 1.54) is 24.3 Å². The summed E-state index contributed by atoms with van der Waals surface area (Å²) in [5.74, 6) is -2.07. The number of imidazole rings is 1. The van der Waals surface area contributed by atoms with Gasteiger partial charge in [0.25, 0.3) is 11.8 Å². The van der Waals surface area contributed by atoms with Crippen molar-refractivity contribution in [3.05, 3.63) is 89.5 Å². The van der Waals surface area contributed by atoms with Crippen molar-refractivity contribution >= 4 is 40.4 Å². The number of nitrogens with one attached hydrogen (secondary N) is 4. The summed E-state index contributed by atoms with van der Waals surface area (Å²) in [5.41, 5.74) is 7.96. The normalized spacial score (nSPS) is 13.7. The Morgan fingerprint density at radius 3 is 2.32 bits per heavy atom. The molecule has 4 aromatic rings. The van der Waals surface area contributed by atoms with E-state index in [2.05, 4.69) is 20.6 Å². The molecule has 0 saturated heterocycles. The number of aliphatic hydroxyl groups excluding tert-OH is 1. The third kappa shape index (κ3) is 7.39. The van der Waals surface area contributed by atoms with Gasteiger partial charge in [0.2, 0.25) is 5.91 Å². The molecular weight excluding hydrogens is 541 g/mol. The average Bonchev–Trinajstić information content (AvgIpc) is 3.30. The number of H-pyrrole nitrogens is 1. The van der Waals surface area contributed by atoms with E-state index >= 15 is 0 Å². The number of fused-ring (bicyclic) bond motifs is 1. The second kappa shape index (κ2) is 12.1. The van der Waals surface area contributed by atoms with E-state index in [1.807, 2.05) is 5.32 Å². The van der Waals surface area contributed by atoms with Gasteiger partial charge in [0.1, 0.15) is 6.04 Å². The standard InChI is InChI=1S/C28H27F3N6O4/c1-15(38)33-22(28(29,30)31)13-16-7-9-18(10-8-16)25(40)37-23(17-5-3-2-4-6-17)24(39)26(41)34-19-11-12-20-21(14-19)36-27(32)35-20/h2-12,14,22-24,39H,13H2,1H3,(H,33,38)(H,34,41)(H,37,40)(H3,32,35,36). The maximum Gasteiger partial charge on any atom is 0.408 e. The summed E-state index contributed by atoms with van der Waals surface area (Å²) in [6.45, 7) is 0.998. The number of benzene rings is 3. The van der Waals surface area contributed by atoms with Gasteiger partial charge < -0.3 is 31.8 Å². The molecule has 3 aromatic carbocycles. The first-order chi connectivity index (χ1) is 19.4. The van der Waals surface area contributed by atoms with E-state index in [9.17, 15) is 32.7 Å². The topological polar surface area (TPSA) is 162 Å². The molecule has 1 aromatic heterocycles. The van der Waals surface area contributed by atoms with Gasteiger partial charge in [-0.1, -0.05) is 42.5 Å². The first-order valence-electron chi connectivity index (χ1n) is 12.4. The van der Waals surface area contributed by atoms with Gasteiger partial charge in [-0.05, 0) is 41.5 Å². The number of rotatable bonds is 9. The summed E-state index contributed by atoms with van der Waals surface area (Å²) in [6, 6.07) is 15.2. The molecule has 214 valence electrons. The fourth-order valence-electron chi connectivity index (χ4n) is 4.23. The number of amides is 3. The molecule has 0 fully saturated rings. The van der Waals surface area contributed by atoms with Crippen LogP contribution in [0.15, 0.2) is 72.8 Å². The molecule has 0 bridgehead atoms. The zero-order valence-electron chi connectivity index (χ0n) is 21.7. The summed E-state index contributed by atoms with van der Waals surface area (Å²) < 4.78 is 39.8. The summed E-state index contributed by atoms with van der Waals surface area (Å²) >= 11 is 0. The Balaban J connectivity index is 1.49. The molecule has 3 amide bonds. The SMILES string of the molecule is CC(=O)NC(Cc1ccc(C(=O)NC(c2ccccc2)C(O)C(=O)Nc2ccc3nc(N)[nH]c3c2)cc1)C(F)(F)F. The number of aliphatic hydroxyl groups is 1. The number of nitrogen functional groups attached to an aromatic ring is 1. The summed E-state index contributed by atoms with van der Waals surface area (Å²) in [6.07, 6.45) is -6.89. The average molecular weight is 569 g/mol. The molecule has 13 heteroatoms. The second-order valence-corrected chi connectivity index (χ2v) is 9.35. The van der Waals surface area contributed by atoms with E-state index < -0.39 is 48.5 Å². The van der Waals surface area contributed by atoms with Crippen molar-refractivity contribution in [2.45, 2.75) is 37.7 Å². The lowest BCUT2D eigenvalue weighted by atomic mass is 9.99. The summed E-state index contributed by atoms with van der Waals surface area (Å²) in [5, 5.41) is 18.1. The number of hydrogen-bond acceptors (Lipinski definition) is 6. The Labute approximate surface area is 232 Å². The zero-order chi connectivity index (χ0) is 29.7. The van der Waals surface area contributed by atoms with E-state index in [4.69, 9.17) is 5.73 Å². The maximum atomic E-state index is 13.3. The van der Waals surface area contributed by atoms with Gasteiger partial charge in [-0.15, -0.1) is 0 Å². The van der Waals surface area contributed by atoms with Crippen LogP contribution in [0.4, 0.5) is 24.8 Å². The van der Waals surface area contributed by atoms with E-state index in [1.54, 1.807) is 48.5 Å². The highest BCUT2D eigenvalue weighted by molar-refractivity contribution is 5.98. The smallest absolute Gasteiger partial charge is 0.381 e. The Kier molecular flexibility index (Phi) is 8.57. The number of carbonyl (C=O) groups is 3. The van der Waals surface area contributed by atoms with Gasteiger partial charge in [-0.3, -0.25) is 14.4 Å². The number of alkyl halides is 3. The number of aromatic amines is 1. The third-order valence-electron chi connectivity index (χ3n) is 6.23. The monoisotopic (exact) mass is 568 g/mol. The molecule has 10 nitrogen and oxygen atoms in total. The van der Waals surface area contributed by atoms with E-state index in [0.29, 0.717) is 22.3 Å². The molecule has 3 unspecified atom stereocenters. The Hall–Kier alpha value is -4.91. The van der Waals surface area contributed by atoms with Crippen LogP contribution in [0.2, 0.25) is 0 Å². The van der Waals surface area contributed by atoms with Crippen molar-refractivity contribution in [1.82, 2.24) is 20.6 Å². The van der Waals surface area contributed by atoms with Crippen LogP contribution in [-0.2, 0) is 16.0 Å². The largest absolute Gasteiger partial charge is 0.408 e. The molecular formula is C28H27F3N6O4. The highest BCUT2D eigenvalue weighted by Crippen LogP contribution is 2.25. The lowest BCUT2D eigenvalue weighted by Gasteiger charge is -2.24. The molecule has 0 saturated carbocycles. The number of hydrogen-bond donors (Lipinski definition) is 6. The minimum atomic E-state index is -4.65. The van der Waals surface area contributed by atoms with Crippen molar-refractivity contribution in [2.24, 2.45) is 0 Å². The van der Waals surface area contributed by atoms with Crippen LogP contribution in [0, 0.1) is 0 Å². The molecule has 0 radical (unpaired) electrons. The van der Waals surface area contributed by atoms with Gasteiger partial charge in [0.15, 0.2) is 12.1 Å². The van der Waals surface area contributed by atoms with E-state index in [0.717, 1.165) is 6.92 Å². The number of carbonyl (C=O) groups excluding carboxylic acids is 3. The first kappa shape index (κ1) is 29.1. The number of anilines is 2. The Bertz CT molecular complexity index is 1540. The van der Waals surface area contributed by atoms with Crippen LogP contribution >= 0.6 is 0 Å². The van der Waals surface area contributed by atoms with Gasteiger partial charge in [0, 0.05) is 24.6 Å². The summed E-state index contributed by atoms with van der Waals surface area (Å²) in [7, 11) is 0. The molecule has 3 atom stereocenters. The molecule has 0 spiro atoms. The van der Waals surface area contributed by atoms with Gasteiger partial charge in [-0.25, -0.2) is 4.98 Å². The highest BCUT2D eigenvalue weighted by atomic mass is 19.4. The molecule has 7 N–H and O–H groups in total. The van der Waals surface area contributed by atoms with Crippen molar-refractivity contribution in [3.63, 3.8) is 0 Å². The molecule has 4 rings (SSSR count). The van der Waals surface area contributed by atoms with Crippen LogP contribution in [0.25, 0.3) is 11.0 Å². The quantitative estimate of drug-likeness (QED) is 0.182. The maximum absolute atomic E-state index is 13.3. The van der Waals surface area contributed by atoms with Crippen molar-refractivity contribution in [2.75, 3.05) is 11.1 Å². The first-order valence-corrected chi connectivity index (χ1v) is 12.4. The second-order valence-electron chi connectivity index (χ2n) is 9.35. The van der Waals surface area contributed by atoms with E-state index in [-0.39, 0.29) is 17.1 Å². The number of halogens is 3. The third-order valence-corrected chi connectivity index (χ3v) is 6.23. The Morgan fingerprint density at radius 1 is 1.00 bits per heavy atom. The van der Waals surface area contributed by atoms with Gasteiger partial charge in [-0.2, -0.15) is 13.2 Å². The minimum Gasteiger partial charge on any atom is -0.381 e. The molecule has 1 heterocycles. The fourth-order valence-corrected chi connectivity index (χ4v) is 4.23. The lowest BCUT2D eigenvalue weighted by molar-refractivity contribution is -0.160. The predicted octanol–water partition coefficient (Wildman–Crippen LogP) is 3.23. The number of aromatic nitrogens is 2. The van der Waals surface area contributed by atoms with Crippen molar-refractivity contribution in [3.8, 4) is 0 Å². The molecule has 41 heavy (non-hydrogen) atoms. The van der Waals surface area contributed by atoms with Crippen LogP contribution < -0.4 is 21.7 Å². The number of nitrogens with zero attached hydrogens (tertiary/aromatic N) is 1. The van der Waals surface area contributed by atoms with Crippen LogP contribution in [0.5, 0.6) is 0 Å². The van der Waals surface area contributed by atoms with Gasteiger partial charge in [0.05, 0.1) is 17.1 Å².